The Morgan fingerprint density at radius 2 is 2.00 bits per heavy atom. The summed E-state index contributed by atoms with van der Waals surface area (Å²) < 4.78 is 10.9. The third-order valence-corrected chi connectivity index (χ3v) is 3.76. The summed E-state index contributed by atoms with van der Waals surface area (Å²) in [5, 5.41) is 10.2. The first kappa shape index (κ1) is 20.1. The molecule has 0 aliphatic heterocycles. The van der Waals surface area contributed by atoms with Crippen LogP contribution in [0.3, 0.4) is 0 Å². The van der Waals surface area contributed by atoms with Crippen LogP contribution in [-0.2, 0) is 11.3 Å². The van der Waals surface area contributed by atoms with Crippen LogP contribution < -0.4 is 10.6 Å². The highest BCUT2D eigenvalue weighted by Gasteiger charge is 2.12. The molecule has 1 saturated carbocycles. The van der Waals surface area contributed by atoms with E-state index in [2.05, 4.69) is 25.8 Å². The number of hydrogen-bond donors (Lipinski definition) is 2. The molecule has 0 radical (unpaired) electrons. The van der Waals surface area contributed by atoms with E-state index in [4.69, 9.17) is 9.26 Å². The number of aryl methyl sites for hydroxylation is 1. The van der Waals surface area contributed by atoms with E-state index in [0.717, 1.165) is 6.54 Å². The number of hydrogen-bond acceptors (Lipinski definition) is 5. The van der Waals surface area contributed by atoms with Gasteiger partial charge < -0.3 is 19.9 Å². The lowest BCUT2D eigenvalue weighted by Gasteiger charge is -2.16. The van der Waals surface area contributed by atoms with Gasteiger partial charge in [-0.1, -0.05) is 30.8 Å². The smallest absolute Gasteiger partial charge is 0.223 e. The molecule has 1 aromatic rings. The normalized spacial score (nSPS) is 16.5. The van der Waals surface area contributed by atoms with Crippen LogP contribution in [0.25, 0.3) is 0 Å². The highest BCUT2D eigenvalue weighted by Crippen LogP contribution is 2.19. The van der Waals surface area contributed by atoms with Crippen LogP contribution in [0, 0.1) is 6.92 Å². The molecule has 1 fully saturated rings. The monoisotopic (exact) mass is 437 g/mol. The summed E-state index contributed by atoms with van der Waals surface area (Å²) in [7, 11) is 1.74. The van der Waals surface area contributed by atoms with Crippen LogP contribution in [0.15, 0.2) is 9.52 Å². The summed E-state index contributed by atoms with van der Waals surface area (Å²) in [6.07, 6.45) is 8.13. The summed E-state index contributed by atoms with van der Waals surface area (Å²) in [5.41, 5.74) is 0. The van der Waals surface area contributed by atoms with Crippen molar-refractivity contribution in [2.45, 2.75) is 58.1 Å². The molecular weight excluding hydrogens is 409 g/mol. The summed E-state index contributed by atoms with van der Waals surface area (Å²) in [4.78, 5) is 8.30. The van der Waals surface area contributed by atoms with Gasteiger partial charge in [-0.15, -0.1) is 24.0 Å². The zero-order valence-corrected chi connectivity index (χ0v) is 16.3. The van der Waals surface area contributed by atoms with E-state index in [1.807, 2.05) is 0 Å². The number of ether oxygens (including phenoxy) is 1. The number of aromatic nitrogens is 2. The number of nitrogens with zero attached hydrogens (tertiary/aromatic N) is 3. The van der Waals surface area contributed by atoms with Crippen LogP contribution in [0.5, 0.6) is 0 Å². The molecule has 7 nitrogen and oxygen atoms in total. The first-order valence-electron chi connectivity index (χ1n) is 8.13. The summed E-state index contributed by atoms with van der Waals surface area (Å²) in [6.45, 7) is 3.70. The van der Waals surface area contributed by atoms with Crippen LogP contribution in [0.1, 0.15) is 50.2 Å². The van der Waals surface area contributed by atoms with E-state index in [9.17, 15) is 0 Å². The highest BCUT2D eigenvalue weighted by atomic mass is 127. The zero-order chi connectivity index (χ0) is 15.6. The van der Waals surface area contributed by atoms with Crippen molar-refractivity contribution in [3.05, 3.63) is 11.7 Å². The number of nitrogens with one attached hydrogen (secondary N) is 2. The lowest BCUT2D eigenvalue weighted by molar-refractivity contribution is 0.0468. The molecule has 2 rings (SSSR count). The third-order valence-electron chi connectivity index (χ3n) is 3.76. The summed E-state index contributed by atoms with van der Waals surface area (Å²) in [5.74, 6) is 1.90. The number of guanidine groups is 1. The molecule has 0 bridgehead atoms. The number of aliphatic imine (C=N–C) groups is 1. The number of rotatable bonds is 6. The van der Waals surface area contributed by atoms with Crippen molar-refractivity contribution in [3.63, 3.8) is 0 Å². The van der Waals surface area contributed by atoms with Crippen molar-refractivity contribution >= 4 is 29.9 Å². The Hall–Kier alpha value is -0.900. The predicted molar refractivity (Wildman–Crippen MR) is 100 cm³/mol. The van der Waals surface area contributed by atoms with Gasteiger partial charge in [0.05, 0.1) is 19.3 Å². The van der Waals surface area contributed by atoms with Crippen LogP contribution >= 0.6 is 24.0 Å². The second-order valence-electron chi connectivity index (χ2n) is 5.57. The first-order chi connectivity index (χ1) is 10.8. The first-order valence-corrected chi connectivity index (χ1v) is 8.13. The van der Waals surface area contributed by atoms with Gasteiger partial charge in [-0.05, 0) is 12.8 Å². The van der Waals surface area contributed by atoms with E-state index in [1.54, 1.807) is 14.0 Å². The molecule has 1 aliphatic rings. The fourth-order valence-corrected chi connectivity index (χ4v) is 2.60. The second-order valence-corrected chi connectivity index (χ2v) is 5.57. The van der Waals surface area contributed by atoms with Crippen molar-refractivity contribution in [2.24, 2.45) is 4.99 Å². The molecule has 132 valence electrons. The van der Waals surface area contributed by atoms with Gasteiger partial charge in [0, 0.05) is 20.5 Å². The fraction of sp³-hybridized carbons (Fsp3) is 0.800. The van der Waals surface area contributed by atoms with E-state index < -0.39 is 0 Å². The largest absolute Gasteiger partial charge is 0.376 e. The molecule has 0 unspecified atom stereocenters. The summed E-state index contributed by atoms with van der Waals surface area (Å²) >= 11 is 0. The van der Waals surface area contributed by atoms with Gasteiger partial charge in [-0.2, -0.15) is 4.98 Å². The van der Waals surface area contributed by atoms with Gasteiger partial charge in [0.15, 0.2) is 11.8 Å². The molecule has 2 N–H and O–H groups in total. The minimum Gasteiger partial charge on any atom is -0.376 e. The van der Waals surface area contributed by atoms with Crippen LogP contribution in [0.2, 0.25) is 0 Å². The van der Waals surface area contributed by atoms with Gasteiger partial charge in [0.1, 0.15) is 0 Å². The van der Waals surface area contributed by atoms with Crippen molar-refractivity contribution in [3.8, 4) is 0 Å². The van der Waals surface area contributed by atoms with E-state index in [0.29, 0.717) is 36.9 Å². The Morgan fingerprint density at radius 1 is 1.26 bits per heavy atom. The van der Waals surface area contributed by atoms with Gasteiger partial charge in [-0.25, -0.2) is 0 Å². The molecule has 0 aromatic carbocycles. The molecule has 1 heterocycles. The zero-order valence-electron chi connectivity index (χ0n) is 14.0. The topological polar surface area (TPSA) is 84.6 Å². The van der Waals surface area contributed by atoms with E-state index in [-0.39, 0.29) is 24.0 Å². The Balaban J connectivity index is 0.00000264. The van der Waals surface area contributed by atoms with Gasteiger partial charge >= 0.3 is 0 Å². The fourth-order valence-electron chi connectivity index (χ4n) is 2.60. The third kappa shape index (κ3) is 7.96. The SMILES string of the molecule is CN=C(NCCOC1CCCCCC1)NCc1noc(C)n1.I. The number of halogens is 1. The van der Waals surface area contributed by atoms with E-state index in [1.165, 1.54) is 38.5 Å². The molecule has 0 amide bonds. The molecule has 0 atom stereocenters. The lowest BCUT2D eigenvalue weighted by Crippen LogP contribution is -2.39. The highest BCUT2D eigenvalue weighted by molar-refractivity contribution is 14.0. The van der Waals surface area contributed by atoms with Crippen LogP contribution in [-0.4, -0.2) is 42.4 Å². The van der Waals surface area contributed by atoms with Crippen molar-refractivity contribution in [2.75, 3.05) is 20.2 Å². The Bertz CT molecular complexity index is 458. The average Bonchev–Trinajstić information content (AvgIpc) is 2.78. The molecule has 8 heteroatoms. The van der Waals surface area contributed by atoms with Crippen molar-refractivity contribution in [1.29, 1.82) is 0 Å². The Morgan fingerprint density at radius 3 is 2.61 bits per heavy atom. The second kappa shape index (κ2) is 11.6. The van der Waals surface area contributed by atoms with E-state index >= 15 is 0 Å². The maximum atomic E-state index is 5.94. The summed E-state index contributed by atoms with van der Waals surface area (Å²) in [6, 6.07) is 0. The minimum absolute atomic E-state index is 0. The molecule has 23 heavy (non-hydrogen) atoms. The van der Waals surface area contributed by atoms with Gasteiger partial charge in [0.25, 0.3) is 0 Å². The maximum Gasteiger partial charge on any atom is 0.223 e. The van der Waals surface area contributed by atoms with Gasteiger partial charge in [0.2, 0.25) is 5.89 Å². The van der Waals surface area contributed by atoms with Crippen molar-refractivity contribution < 1.29 is 9.26 Å². The minimum atomic E-state index is 0. The molecule has 0 saturated heterocycles. The standard InChI is InChI=1S/C15H27N5O2.HI/c1-12-19-14(20-22-12)11-18-15(16-2)17-9-10-21-13-7-5-3-4-6-8-13;/h13H,3-11H2,1-2H3,(H2,16,17,18);1H. The quantitative estimate of drug-likeness (QED) is 0.234. The average molecular weight is 437 g/mol. The maximum absolute atomic E-state index is 5.94. The van der Waals surface area contributed by atoms with Crippen LogP contribution in [0.4, 0.5) is 0 Å². The Labute approximate surface area is 155 Å². The predicted octanol–water partition coefficient (Wildman–Crippen LogP) is 2.40. The molecule has 1 aromatic heterocycles. The molecule has 1 aliphatic carbocycles. The molecule has 0 spiro atoms. The van der Waals surface area contributed by atoms with Gasteiger partial charge in [-0.3, -0.25) is 4.99 Å². The lowest BCUT2D eigenvalue weighted by atomic mass is 10.1. The molecular formula is C15H28IN5O2. The van der Waals surface area contributed by atoms with Crippen molar-refractivity contribution in [1.82, 2.24) is 20.8 Å². The Kier molecular flexibility index (Phi) is 10.2.